The van der Waals surface area contributed by atoms with Gasteiger partial charge >= 0.3 is 0 Å². The van der Waals surface area contributed by atoms with Crippen LogP contribution in [0, 0.1) is 17.0 Å². The molecular weight excluding hydrogens is 392 g/mol. The molecule has 7 nitrogen and oxygen atoms in total. The Morgan fingerprint density at radius 2 is 1.81 bits per heavy atom. The van der Waals surface area contributed by atoms with Crippen LogP contribution in [0.3, 0.4) is 0 Å². The van der Waals surface area contributed by atoms with Gasteiger partial charge in [0.15, 0.2) is 0 Å². The third-order valence-electron chi connectivity index (χ3n) is 5.26. The Morgan fingerprint density at radius 1 is 1.03 bits per heavy atom. The average Bonchev–Trinajstić information content (AvgIpc) is 2.79. The molecule has 156 valence electrons. The molecule has 0 aliphatic carbocycles. The summed E-state index contributed by atoms with van der Waals surface area (Å²) in [5.74, 6) is 1.64. The van der Waals surface area contributed by atoms with Crippen LogP contribution in [0.15, 0.2) is 67.0 Å². The van der Waals surface area contributed by atoms with Crippen LogP contribution in [0.25, 0.3) is 22.0 Å². The van der Waals surface area contributed by atoms with Gasteiger partial charge in [-0.1, -0.05) is 18.2 Å². The van der Waals surface area contributed by atoms with E-state index in [1.54, 1.807) is 31.6 Å². The van der Waals surface area contributed by atoms with Gasteiger partial charge in [0.25, 0.3) is 5.69 Å². The summed E-state index contributed by atoms with van der Waals surface area (Å²) in [6, 6.07) is 16.7. The molecule has 2 aromatic carbocycles. The van der Waals surface area contributed by atoms with Crippen molar-refractivity contribution in [2.24, 2.45) is 0 Å². The predicted molar refractivity (Wildman–Crippen MR) is 121 cm³/mol. The van der Waals surface area contributed by atoms with E-state index < -0.39 is 0 Å². The Bertz CT molecular complexity index is 1260. The van der Waals surface area contributed by atoms with Crippen molar-refractivity contribution in [3.8, 4) is 16.9 Å². The summed E-state index contributed by atoms with van der Waals surface area (Å²) in [7, 11) is 3.64. The second-order valence-electron chi connectivity index (χ2n) is 7.42. The molecular formula is C24H22N4O3. The monoisotopic (exact) mass is 414 g/mol. The van der Waals surface area contributed by atoms with E-state index in [0.29, 0.717) is 6.54 Å². The number of nitrogens with zero attached hydrogens (tertiary/aromatic N) is 4. The lowest BCUT2D eigenvalue weighted by Crippen LogP contribution is -2.17. The van der Waals surface area contributed by atoms with Gasteiger partial charge in [-0.05, 0) is 41.8 Å². The second-order valence-corrected chi connectivity index (χ2v) is 7.42. The van der Waals surface area contributed by atoms with E-state index in [1.807, 2.05) is 50.4 Å². The molecule has 0 aliphatic heterocycles. The SMILES string of the molecule is COc1ccc(CN(C)c2cc3ncc(-c4cc([N+](=O)[O-])ccc4C)cc3cn2)cc1. The first kappa shape index (κ1) is 20.3. The zero-order valence-corrected chi connectivity index (χ0v) is 17.6. The number of non-ortho nitro benzene ring substituents is 1. The lowest BCUT2D eigenvalue weighted by Gasteiger charge is -2.19. The largest absolute Gasteiger partial charge is 0.497 e. The van der Waals surface area contributed by atoms with Crippen LogP contribution in [0.1, 0.15) is 11.1 Å². The van der Waals surface area contributed by atoms with Gasteiger partial charge in [-0.25, -0.2) is 4.98 Å². The number of benzene rings is 2. The van der Waals surface area contributed by atoms with Crippen LogP contribution in [0.2, 0.25) is 0 Å². The molecule has 0 spiro atoms. The number of nitro benzene ring substituents is 1. The van der Waals surface area contributed by atoms with E-state index >= 15 is 0 Å². The molecule has 0 aliphatic rings. The summed E-state index contributed by atoms with van der Waals surface area (Å²) in [6.07, 6.45) is 3.54. The lowest BCUT2D eigenvalue weighted by molar-refractivity contribution is -0.384. The van der Waals surface area contributed by atoms with Crippen molar-refractivity contribution in [3.63, 3.8) is 0 Å². The molecule has 0 saturated carbocycles. The van der Waals surface area contributed by atoms with E-state index in [1.165, 1.54) is 6.07 Å². The molecule has 0 N–H and O–H groups in total. The van der Waals surface area contributed by atoms with E-state index in [4.69, 9.17) is 4.74 Å². The maximum absolute atomic E-state index is 11.1. The summed E-state index contributed by atoms with van der Waals surface area (Å²) in [4.78, 5) is 22.0. The Hall–Kier alpha value is -4.00. The number of aromatic nitrogens is 2. The number of nitro groups is 1. The van der Waals surface area contributed by atoms with Crippen LogP contribution in [-0.4, -0.2) is 29.0 Å². The summed E-state index contributed by atoms with van der Waals surface area (Å²) in [5.41, 5.74) is 4.61. The molecule has 0 bridgehead atoms. The first-order valence-corrected chi connectivity index (χ1v) is 9.80. The van der Waals surface area contributed by atoms with Crippen LogP contribution < -0.4 is 9.64 Å². The number of hydrogen-bond acceptors (Lipinski definition) is 6. The minimum atomic E-state index is -0.385. The van der Waals surface area contributed by atoms with Crippen LogP contribution in [-0.2, 0) is 6.54 Å². The Balaban J connectivity index is 1.61. The van der Waals surface area contributed by atoms with E-state index in [9.17, 15) is 10.1 Å². The molecule has 7 heteroatoms. The quantitative estimate of drug-likeness (QED) is 0.320. The predicted octanol–water partition coefficient (Wildman–Crippen LogP) is 5.16. The van der Waals surface area contributed by atoms with Crippen molar-refractivity contribution in [2.45, 2.75) is 13.5 Å². The molecule has 2 aromatic heterocycles. The van der Waals surface area contributed by atoms with Crippen molar-refractivity contribution in [2.75, 3.05) is 19.1 Å². The Morgan fingerprint density at radius 3 is 2.52 bits per heavy atom. The molecule has 0 fully saturated rings. The molecule has 4 rings (SSSR count). The van der Waals surface area contributed by atoms with Crippen molar-refractivity contribution < 1.29 is 9.66 Å². The summed E-state index contributed by atoms with van der Waals surface area (Å²) >= 11 is 0. The highest BCUT2D eigenvalue weighted by Crippen LogP contribution is 2.29. The Kier molecular flexibility index (Phi) is 5.49. The highest BCUT2D eigenvalue weighted by atomic mass is 16.6. The van der Waals surface area contributed by atoms with Crippen LogP contribution in [0.5, 0.6) is 5.75 Å². The smallest absolute Gasteiger partial charge is 0.270 e. The maximum atomic E-state index is 11.1. The van der Waals surface area contributed by atoms with E-state index in [-0.39, 0.29) is 10.6 Å². The third-order valence-corrected chi connectivity index (χ3v) is 5.26. The zero-order valence-electron chi connectivity index (χ0n) is 17.6. The molecule has 31 heavy (non-hydrogen) atoms. The van der Waals surface area contributed by atoms with Gasteiger partial charge < -0.3 is 9.64 Å². The summed E-state index contributed by atoms with van der Waals surface area (Å²) in [5, 5.41) is 12.0. The number of anilines is 1. The molecule has 0 radical (unpaired) electrons. The van der Waals surface area contributed by atoms with E-state index in [2.05, 4.69) is 14.9 Å². The molecule has 4 aromatic rings. The number of methoxy groups -OCH3 is 1. The fourth-order valence-electron chi connectivity index (χ4n) is 3.49. The third kappa shape index (κ3) is 4.30. The summed E-state index contributed by atoms with van der Waals surface area (Å²) < 4.78 is 5.21. The van der Waals surface area contributed by atoms with E-state index in [0.717, 1.165) is 44.7 Å². The normalized spacial score (nSPS) is 10.8. The second kappa shape index (κ2) is 8.39. The number of rotatable bonds is 6. The highest BCUT2D eigenvalue weighted by Gasteiger charge is 2.12. The van der Waals surface area contributed by atoms with Crippen molar-refractivity contribution in [1.82, 2.24) is 9.97 Å². The van der Waals surface area contributed by atoms with Crippen molar-refractivity contribution in [1.29, 1.82) is 0 Å². The van der Waals surface area contributed by atoms with Gasteiger partial charge in [0.2, 0.25) is 0 Å². The maximum Gasteiger partial charge on any atom is 0.270 e. The van der Waals surface area contributed by atoms with Gasteiger partial charge in [0.1, 0.15) is 11.6 Å². The van der Waals surface area contributed by atoms with Crippen LogP contribution >= 0.6 is 0 Å². The molecule has 0 atom stereocenters. The first-order valence-electron chi connectivity index (χ1n) is 9.80. The number of ether oxygens (including phenoxy) is 1. The minimum absolute atomic E-state index is 0.0642. The van der Waals surface area contributed by atoms with Gasteiger partial charge in [-0.3, -0.25) is 15.1 Å². The van der Waals surface area contributed by atoms with Gasteiger partial charge in [0.05, 0.1) is 17.5 Å². The fourth-order valence-corrected chi connectivity index (χ4v) is 3.49. The first-order chi connectivity index (χ1) is 14.9. The molecule has 2 heterocycles. The summed E-state index contributed by atoms with van der Waals surface area (Å²) in [6.45, 7) is 2.63. The highest BCUT2D eigenvalue weighted by molar-refractivity contribution is 5.85. The number of pyridine rings is 2. The molecule has 0 unspecified atom stereocenters. The van der Waals surface area contributed by atoms with Crippen molar-refractivity contribution >= 4 is 22.4 Å². The van der Waals surface area contributed by atoms with Crippen molar-refractivity contribution in [3.05, 3.63) is 88.2 Å². The number of fused-ring (bicyclic) bond motifs is 1. The molecule has 0 saturated heterocycles. The lowest BCUT2D eigenvalue weighted by atomic mass is 10.0. The Labute approximate surface area is 180 Å². The van der Waals surface area contributed by atoms with Crippen LogP contribution in [0.4, 0.5) is 11.5 Å². The minimum Gasteiger partial charge on any atom is -0.497 e. The molecule has 0 amide bonds. The van der Waals surface area contributed by atoms with Gasteiger partial charge in [0, 0.05) is 55.1 Å². The number of hydrogen-bond donors (Lipinski definition) is 0. The standard InChI is InChI=1S/C24H22N4O3/c1-16-4-7-20(28(29)30)11-22(16)18-10-19-14-26-24(12-23(19)25-13-18)27(2)15-17-5-8-21(31-3)9-6-17/h4-14H,15H2,1-3H3. The average molecular weight is 414 g/mol. The van der Waals surface area contributed by atoms with Gasteiger partial charge in [-0.2, -0.15) is 0 Å². The number of aryl methyl sites for hydroxylation is 1. The zero-order chi connectivity index (χ0) is 22.0. The topological polar surface area (TPSA) is 81.4 Å². The fraction of sp³-hybridized carbons (Fsp3) is 0.167. The van der Waals surface area contributed by atoms with Gasteiger partial charge in [-0.15, -0.1) is 0 Å².